The van der Waals surface area contributed by atoms with Crippen LogP contribution in [0.1, 0.15) is 133 Å². The molecule has 0 aliphatic carbocycles. The standard InChI is InChI=1S/C38H57N2O2S.BrH/c1-7-8-9-10-11-12-13-14-15-16-17-18-25-42-37-24-21-34(26-36(37)38(4,5)6)29-40(32(3)41)35-22-19-33(20-23-35)28-39-27-31(2)43-30-39;/h19-24,26-27,30H,7-18,25,28-29H2,1-6H3;1H/q+1;/p-1. The van der Waals surface area contributed by atoms with Gasteiger partial charge in [0.05, 0.1) is 18.0 Å². The number of hydrogen-bond donors (Lipinski definition) is 0. The van der Waals surface area contributed by atoms with E-state index in [-0.39, 0.29) is 28.3 Å². The predicted molar refractivity (Wildman–Crippen MR) is 183 cm³/mol. The molecule has 0 bridgehead atoms. The maximum Gasteiger partial charge on any atom is 0.225 e. The Balaban J connectivity index is 0.00000675. The molecular formula is C38H57BrN2O2S. The highest BCUT2D eigenvalue weighted by Crippen LogP contribution is 2.33. The Bertz CT molecular complexity index is 1230. The Labute approximate surface area is 283 Å². The van der Waals surface area contributed by atoms with Gasteiger partial charge in [-0.2, -0.15) is 4.57 Å². The van der Waals surface area contributed by atoms with Crippen LogP contribution in [-0.4, -0.2) is 12.5 Å². The van der Waals surface area contributed by atoms with Gasteiger partial charge < -0.3 is 26.6 Å². The fraction of sp³-hybridized carbons (Fsp3) is 0.579. The number of aryl methyl sites for hydroxylation is 1. The first-order valence-corrected chi connectivity index (χ1v) is 17.6. The number of thiazole rings is 1. The van der Waals surface area contributed by atoms with Gasteiger partial charge in [0, 0.05) is 18.2 Å². The van der Waals surface area contributed by atoms with Crippen LogP contribution in [0.4, 0.5) is 5.69 Å². The fourth-order valence-electron chi connectivity index (χ4n) is 5.60. The van der Waals surface area contributed by atoms with Crippen molar-refractivity contribution in [2.75, 3.05) is 11.5 Å². The zero-order valence-electron chi connectivity index (χ0n) is 28.3. The second kappa shape index (κ2) is 20.0. The summed E-state index contributed by atoms with van der Waals surface area (Å²) in [4.78, 5) is 15.9. The molecule has 3 aromatic rings. The Morgan fingerprint density at radius 2 is 1.41 bits per heavy atom. The molecule has 0 fully saturated rings. The zero-order chi connectivity index (χ0) is 31.1. The number of nitrogens with zero attached hydrogens (tertiary/aromatic N) is 2. The minimum absolute atomic E-state index is 0. The summed E-state index contributed by atoms with van der Waals surface area (Å²) in [7, 11) is 0. The van der Waals surface area contributed by atoms with E-state index >= 15 is 0 Å². The van der Waals surface area contributed by atoms with Crippen molar-refractivity contribution in [3.63, 3.8) is 0 Å². The molecule has 1 heterocycles. The molecule has 3 rings (SSSR count). The molecule has 0 atom stereocenters. The van der Waals surface area contributed by atoms with Gasteiger partial charge in [-0.1, -0.05) is 128 Å². The van der Waals surface area contributed by atoms with Crippen LogP contribution in [0.2, 0.25) is 0 Å². The third kappa shape index (κ3) is 13.4. The number of unbranched alkanes of at least 4 members (excludes halogenated alkanes) is 11. The van der Waals surface area contributed by atoms with E-state index in [1.54, 1.807) is 18.3 Å². The normalized spacial score (nSPS) is 11.3. The molecular weight excluding hydrogens is 628 g/mol. The molecule has 1 aromatic heterocycles. The van der Waals surface area contributed by atoms with Crippen LogP contribution in [0.25, 0.3) is 0 Å². The van der Waals surface area contributed by atoms with Crippen LogP contribution >= 0.6 is 11.3 Å². The van der Waals surface area contributed by atoms with E-state index in [4.69, 9.17) is 4.74 Å². The quantitative estimate of drug-likeness (QED) is 0.0979. The summed E-state index contributed by atoms with van der Waals surface area (Å²) in [5, 5.41) is 0. The van der Waals surface area contributed by atoms with Gasteiger partial charge in [0.15, 0.2) is 12.7 Å². The number of carbonyl (C=O) groups excluding carboxylic acids is 1. The first-order valence-electron chi connectivity index (χ1n) is 16.7. The molecule has 244 valence electrons. The first-order chi connectivity index (χ1) is 20.7. The van der Waals surface area contributed by atoms with Crippen molar-refractivity contribution in [1.29, 1.82) is 0 Å². The van der Waals surface area contributed by atoms with Crippen LogP contribution in [0.15, 0.2) is 54.2 Å². The molecule has 0 radical (unpaired) electrons. The van der Waals surface area contributed by atoms with Crippen LogP contribution in [-0.2, 0) is 23.3 Å². The lowest BCUT2D eigenvalue weighted by molar-refractivity contribution is -0.683. The monoisotopic (exact) mass is 684 g/mol. The van der Waals surface area contributed by atoms with Crippen LogP contribution in [0.3, 0.4) is 0 Å². The van der Waals surface area contributed by atoms with Gasteiger partial charge in [-0.05, 0) is 54.2 Å². The van der Waals surface area contributed by atoms with Crippen molar-refractivity contribution < 1.29 is 31.1 Å². The van der Waals surface area contributed by atoms with Gasteiger partial charge in [0.25, 0.3) is 0 Å². The Hall–Kier alpha value is -2.18. The summed E-state index contributed by atoms with van der Waals surface area (Å²) in [6.07, 6.45) is 18.3. The lowest BCUT2D eigenvalue weighted by Crippen LogP contribution is -3.00. The fourth-order valence-corrected chi connectivity index (χ4v) is 6.23. The van der Waals surface area contributed by atoms with Gasteiger partial charge in [-0.3, -0.25) is 4.79 Å². The van der Waals surface area contributed by atoms with Crippen molar-refractivity contribution in [3.8, 4) is 5.75 Å². The first kappa shape index (κ1) is 38.0. The van der Waals surface area contributed by atoms with E-state index in [0.29, 0.717) is 6.54 Å². The van der Waals surface area contributed by atoms with E-state index in [1.165, 1.54) is 86.6 Å². The highest BCUT2D eigenvalue weighted by Gasteiger charge is 2.21. The number of ether oxygens (including phenoxy) is 1. The highest BCUT2D eigenvalue weighted by molar-refractivity contribution is 7.09. The smallest absolute Gasteiger partial charge is 0.225 e. The van der Waals surface area contributed by atoms with Crippen LogP contribution in [0, 0.1) is 6.92 Å². The van der Waals surface area contributed by atoms with Gasteiger partial charge in [0.1, 0.15) is 5.75 Å². The second-order valence-electron chi connectivity index (χ2n) is 13.2. The Morgan fingerprint density at radius 1 is 0.841 bits per heavy atom. The van der Waals surface area contributed by atoms with E-state index < -0.39 is 0 Å². The van der Waals surface area contributed by atoms with Crippen molar-refractivity contribution in [2.45, 2.75) is 137 Å². The van der Waals surface area contributed by atoms with Crippen LogP contribution < -0.4 is 31.2 Å². The molecule has 1 amide bonds. The molecule has 0 aliphatic rings. The van der Waals surface area contributed by atoms with Crippen molar-refractivity contribution in [1.82, 2.24) is 0 Å². The maximum atomic E-state index is 12.7. The summed E-state index contributed by atoms with van der Waals surface area (Å²) >= 11 is 1.75. The molecule has 0 saturated heterocycles. The molecule has 0 aliphatic heterocycles. The number of aromatic nitrogens is 1. The van der Waals surface area contributed by atoms with E-state index in [0.717, 1.165) is 36.6 Å². The molecule has 0 spiro atoms. The number of benzene rings is 2. The van der Waals surface area contributed by atoms with Gasteiger partial charge in [0.2, 0.25) is 11.4 Å². The summed E-state index contributed by atoms with van der Waals surface area (Å²) in [6.45, 7) is 14.9. The van der Waals surface area contributed by atoms with E-state index in [9.17, 15) is 4.79 Å². The van der Waals surface area contributed by atoms with Crippen molar-refractivity contribution >= 4 is 22.9 Å². The minimum Gasteiger partial charge on any atom is -1.00 e. The lowest BCUT2D eigenvalue weighted by atomic mass is 9.85. The topological polar surface area (TPSA) is 33.4 Å². The van der Waals surface area contributed by atoms with Crippen LogP contribution in [0.5, 0.6) is 5.75 Å². The van der Waals surface area contributed by atoms with E-state index in [2.05, 4.69) is 93.4 Å². The second-order valence-corrected chi connectivity index (χ2v) is 14.3. The highest BCUT2D eigenvalue weighted by atomic mass is 79.9. The average Bonchev–Trinajstić information content (AvgIpc) is 3.38. The van der Waals surface area contributed by atoms with Gasteiger partial charge >= 0.3 is 0 Å². The molecule has 0 saturated carbocycles. The summed E-state index contributed by atoms with van der Waals surface area (Å²) < 4.78 is 8.53. The zero-order valence-corrected chi connectivity index (χ0v) is 30.7. The number of hydrogen-bond acceptors (Lipinski definition) is 3. The average molecular weight is 686 g/mol. The van der Waals surface area contributed by atoms with Gasteiger partial charge in [-0.25, -0.2) is 0 Å². The SMILES string of the molecule is CCCCCCCCCCCCCCOc1ccc(CN(C(C)=O)c2ccc(C[n+]3csc(C)c3)cc2)cc1C(C)(C)C.[Br-]. The Kier molecular flexibility index (Phi) is 17.3. The number of halogens is 1. The number of rotatable bonds is 19. The van der Waals surface area contributed by atoms with Gasteiger partial charge in [-0.15, -0.1) is 0 Å². The molecule has 6 heteroatoms. The van der Waals surface area contributed by atoms with Crippen molar-refractivity contribution in [3.05, 3.63) is 75.7 Å². The predicted octanol–water partition coefficient (Wildman–Crippen LogP) is 7.33. The lowest BCUT2D eigenvalue weighted by Gasteiger charge is -2.26. The summed E-state index contributed by atoms with van der Waals surface area (Å²) in [5.41, 5.74) is 6.55. The third-order valence-electron chi connectivity index (χ3n) is 8.16. The number of amides is 1. The largest absolute Gasteiger partial charge is 1.00 e. The molecule has 0 unspecified atom stereocenters. The third-order valence-corrected chi connectivity index (χ3v) is 9.02. The summed E-state index contributed by atoms with van der Waals surface area (Å²) in [6, 6.07) is 14.8. The Morgan fingerprint density at radius 3 is 1.93 bits per heavy atom. The number of carbonyl (C=O) groups is 1. The molecule has 2 aromatic carbocycles. The molecule has 44 heavy (non-hydrogen) atoms. The minimum atomic E-state index is -0.0533. The van der Waals surface area contributed by atoms with Crippen molar-refractivity contribution in [2.24, 2.45) is 0 Å². The molecule has 0 N–H and O–H groups in total. The maximum absolute atomic E-state index is 12.7. The summed E-state index contributed by atoms with van der Waals surface area (Å²) in [5.74, 6) is 1.01. The number of anilines is 1. The molecule has 4 nitrogen and oxygen atoms in total. The van der Waals surface area contributed by atoms with E-state index in [1.807, 2.05) is 4.90 Å².